The first kappa shape index (κ1) is 17.6. The molecular weight excluding hydrogens is 413 g/mol. The van der Waals surface area contributed by atoms with Crippen molar-refractivity contribution >= 4 is 49.2 Å². The van der Waals surface area contributed by atoms with E-state index in [1.165, 1.54) is 13.2 Å². The van der Waals surface area contributed by atoms with Crippen LogP contribution in [0.15, 0.2) is 45.8 Å². The molecule has 0 aliphatic rings. The molecule has 0 radical (unpaired) electrons. The molecule has 0 aliphatic carbocycles. The Balaban J connectivity index is 2.29. The minimum absolute atomic E-state index is 0.0252. The smallest absolute Gasteiger partial charge is 0.244 e. The summed E-state index contributed by atoms with van der Waals surface area (Å²) >= 11 is 15.2. The molecule has 0 saturated carbocycles. The van der Waals surface area contributed by atoms with Crippen LogP contribution in [0.1, 0.15) is 5.56 Å². The van der Waals surface area contributed by atoms with Crippen molar-refractivity contribution in [3.8, 4) is 5.75 Å². The summed E-state index contributed by atoms with van der Waals surface area (Å²) in [5, 5.41) is 0.700. The Labute approximate surface area is 147 Å². The lowest BCUT2D eigenvalue weighted by Gasteiger charge is -2.12. The van der Waals surface area contributed by atoms with Crippen LogP contribution in [0.25, 0.3) is 0 Å². The maximum atomic E-state index is 12.4. The second-order valence-corrected chi connectivity index (χ2v) is 7.77. The predicted molar refractivity (Wildman–Crippen MR) is 91.2 cm³/mol. The molecule has 0 aromatic heterocycles. The van der Waals surface area contributed by atoms with E-state index in [1.54, 1.807) is 30.3 Å². The Morgan fingerprint density at radius 3 is 2.64 bits per heavy atom. The minimum Gasteiger partial charge on any atom is -0.495 e. The third-order valence-electron chi connectivity index (χ3n) is 2.90. The molecule has 0 bridgehead atoms. The van der Waals surface area contributed by atoms with Gasteiger partial charge in [0.05, 0.1) is 17.2 Å². The number of sulfonamides is 1. The van der Waals surface area contributed by atoms with Gasteiger partial charge in [-0.3, -0.25) is 0 Å². The topological polar surface area (TPSA) is 55.4 Å². The van der Waals surface area contributed by atoms with Crippen LogP contribution in [0.5, 0.6) is 5.75 Å². The Morgan fingerprint density at radius 2 is 1.95 bits per heavy atom. The van der Waals surface area contributed by atoms with Crippen molar-refractivity contribution in [2.75, 3.05) is 7.11 Å². The van der Waals surface area contributed by atoms with Crippen molar-refractivity contribution < 1.29 is 13.2 Å². The average Bonchev–Trinajstić information content (AvgIpc) is 2.49. The number of hydrogen-bond donors (Lipinski definition) is 1. The predicted octanol–water partition coefficient (Wildman–Crippen LogP) is 4.24. The first-order chi connectivity index (χ1) is 10.3. The minimum atomic E-state index is -3.76. The highest BCUT2D eigenvalue weighted by molar-refractivity contribution is 9.10. The summed E-state index contributed by atoms with van der Waals surface area (Å²) in [5.41, 5.74) is 0.590. The standard InChI is InChI=1S/C14H12BrCl2NO3S/c1-21-12-6-5-10(15)7-13(12)22(19,20)18-8-9-3-2-4-11(16)14(9)17/h2-7,18H,8H2,1H3. The van der Waals surface area contributed by atoms with Crippen molar-refractivity contribution in [1.82, 2.24) is 4.72 Å². The number of nitrogens with one attached hydrogen (secondary N) is 1. The molecule has 22 heavy (non-hydrogen) atoms. The van der Waals surface area contributed by atoms with E-state index in [2.05, 4.69) is 20.7 Å². The number of benzene rings is 2. The van der Waals surface area contributed by atoms with Crippen molar-refractivity contribution in [3.63, 3.8) is 0 Å². The first-order valence-corrected chi connectivity index (χ1v) is 9.14. The fourth-order valence-electron chi connectivity index (χ4n) is 1.80. The molecule has 0 aliphatic heterocycles. The monoisotopic (exact) mass is 423 g/mol. The maximum absolute atomic E-state index is 12.4. The van der Waals surface area contributed by atoms with E-state index in [1.807, 2.05) is 0 Å². The number of methoxy groups -OCH3 is 1. The fraction of sp³-hybridized carbons (Fsp3) is 0.143. The van der Waals surface area contributed by atoms with Crippen LogP contribution in [-0.4, -0.2) is 15.5 Å². The van der Waals surface area contributed by atoms with Crippen LogP contribution in [0, 0.1) is 0 Å². The molecular formula is C14H12BrCl2NO3S. The molecule has 8 heteroatoms. The van der Waals surface area contributed by atoms with Gasteiger partial charge in [-0.05, 0) is 29.8 Å². The highest BCUT2D eigenvalue weighted by Gasteiger charge is 2.20. The maximum Gasteiger partial charge on any atom is 0.244 e. The van der Waals surface area contributed by atoms with E-state index in [9.17, 15) is 8.42 Å². The van der Waals surface area contributed by atoms with Crippen LogP contribution in [0.4, 0.5) is 0 Å². The SMILES string of the molecule is COc1ccc(Br)cc1S(=O)(=O)NCc1cccc(Cl)c1Cl. The lowest BCUT2D eigenvalue weighted by Crippen LogP contribution is -2.24. The van der Waals surface area contributed by atoms with Gasteiger partial charge >= 0.3 is 0 Å². The summed E-state index contributed by atoms with van der Waals surface area (Å²) in [6, 6.07) is 9.79. The fourth-order valence-corrected chi connectivity index (χ4v) is 3.89. The second kappa shape index (κ2) is 7.19. The zero-order valence-corrected chi connectivity index (χ0v) is 15.4. The molecule has 0 fully saturated rings. The highest BCUT2D eigenvalue weighted by Crippen LogP contribution is 2.28. The molecule has 0 amide bonds. The van der Waals surface area contributed by atoms with E-state index in [-0.39, 0.29) is 17.2 Å². The first-order valence-electron chi connectivity index (χ1n) is 6.11. The van der Waals surface area contributed by atoms with Gasteiger partial charge in [0, 0.05) is 11.0 Å². The number of halogens is 3. The van der Waals surface area contributed by atoms with E-state index in [0.717, 1.165) is 0 Å². The summed E-state index contributed by atoms with van der Waals surface area (Å²) < 4.78 is 33.1. The highest BCUT2D eigenvalue weighted by atomic mass is 79.9. The Kier molecular flexibility index (Phi) is 5.74. The van der Waals surface area contributed by atoms with Crippen LogP contribution >= 0.6 is 39.1 Å². The Hall–Kier alpha value is -0.790. The summed E-state index contributed by atoms with van der Waals surface area (Å²) in [6.07, 6.45) is 0. The molecule has 1 N–H and O–H groups in total. The zero-order valence-electron chi connectivity index (χ0n) is 11.4. The van der Waals surface area contributed by atoms with Gasteiger partial charge < -0.3 is 4.74 Å². The van der Waals surface area contributed by atoms with Crippen molar-refractivity contribution in [2.45, 2.75) is 11.4 Å². The van der Waals surface area contributed by atoms with E-state index in [0.29, 0.717) is 20.1 Å². The lowest BCUT2D eigenvalue weighted by molar-refractivity contribution is 0.402. The molecule has 0 heterocycles. The third-order valence-corrected chi connectivity index (χ3v) is 5.67. The van der Waals surface area contributed by atoms with Crippen LogP contribution in [0.2, 0.25) is 10.0 Å². The van der Waals surface area contributed by atoms with Gasteiger partial charge in [-0.1, -0.05) is 51.3 Å². The molecule has 2 aromatic carbocycles. The van der Waals surface area contributed by atoms with Crippen molar-refractivity contribution in [3.05, 3.63) is 56.5 Å². The Morgan fingerprint density at radius 1 is 1.23 bits per heavy atom. The normalized spacial score (nSPS) is 11.5. The quantitative estimate of drug-likeness (QED) is 0.780. The summed E-state index contributed by atoms with van der Waals surface area (Å²) in [4.78, 5) is 0.0440. The van der Waals surface area contributed by atoms with E-state index >= 15 is 0 Å². The largest absolute Gasteiger partial charge is 0.495 e. The van der Waals surface area contributed by atoms with Gasteiger partial charge in [-0.2, -0.15) is 0 Å². The molecule has 0 atom stereocenters. The van der Waals surface area contributed by atoms with Crippen LogP contribution < -0.4 is 9.46 Å². The number of ether oxygens (including phenoxy) is 1. The van der Waals surface area contributed by atoms with E-state index < -0.39 is 10.0 Å². The van der Waals surface area contributed by atoms with Gasteiger partial charge in [-0.15, -0.1) is 0 Å². The molecule has 0 unspecified atom stereocenters. The van der Waals surface area contributed by atoms with Gasteiger partial charge in [0.1, 0.15) is 10.6 Å². The molecule has 0 spiro atoms. The second-order valence-electron chi connectivity index (χ2n) is 4.33. The molecule has 2 aromatic rings. The average molecular weight is 425 g/mol. The molecule has 4 nitrogen and oxygen atoms in total. The lowest BCUT2D eigenvalue weighted by atomic mass is 10.2. The van der Waals surface area contributed by atoms with Gasteiger partial charge in [-0.25, -0.2) is 13.1 Å². The Bertz CT molecular complexity index is 797. The summed E-state index contributed by atoms with van der Waals surface area (Å²) in [7, 11) is -2.35. The summed E-state index contributed by atoms with van der Waals surface area (Å²) in [5.74, 6) is 0.257. The van der Waals surface area contributed by atoms with E-state index in [4.69, 9.17) is 27.9 Å². The molecule has 0 saturated heterocycles. The van der Waals surface area contributed by atoms with Gasteiger partial charge in [0.15, 0.2) is 0 Å². The van der Waals surface area contributed by atoms with Crippen LogP contribution in [0.3, 0.4) is 0 Å². The number of hydrogen-bond acceptors (Lipinski definition) is 3. The van der Waals surface area contributed by atoms with Crippen molar-refractivity contribution in [1.29, 1.82) is 0 Å². The zero-order chi connectivity index (χ0) is 16.3. The van der Waals surface area contributed by atoms with Crippen LogP contribution in [-0.2, 0) is 16.6 Å². The molecule has 118 valence electrons. The van der Waals surface area contributed by atoms with Crippen molar-refractivity contribution in [2.24, 2.45) is 0 Å². The van der Waals surface area contributed by atoms with Gasteiger partial charge in [0.2, 0.25) is 10.0 Å². The van der Waals surface area contributed by atoms with Gasteiger partial charge in [0.25, 0.3) is 0 Å². The number of rotatable bonds is 5. The molecule has 2 rings (SSSR count). The summed E-state index contributed by atoms with van der Waals surface area (Å²) in [6.45, 7) is 0.0252. The third kappa shape index (κ3) is 3.94.